The molecular formula is C12H16F3NOS. The third-order valence-corrected chi connectivity index (χ3v) is 2.93. The Morgan fingerprint density at radius 2 is 2.00 bits per heavy atom. The first-order chi connectivity index (χ1) is 8.42. The van der Waals surface area contributed by atoms with Gasteiger partial charge >= 0.3 is 6.18 Å². The molecule has 1 unspecified atom stereocenters. The molecule has 0 aromatic heterocycles. The van der Waals surface area contributed by atoms with Crippen LogP contribution in [-0.4, -0.2) is 31.6 Å². The van der Waals surface area contributed by atoms with E-state index in [1.807, 2.05) is 30.5 Å². The fourth-order valence-corrected chi connectivity index (χ4v) is 1.92. The molecule has 0 spiro atoms. The minimum absolute atomic E-state index is 0.155. The lowest BCUT2D eigenvalue weighted by molar-refractivity contribution is -0.125. The van der Waals surface area contributed by atoms with Gasteiger partial charge in [0, 0.05) is 11.4 Å². The van der Waals surface area contributed by atoms with E-state index in [2.05, 4.69) is 5.32 Å². The van der Waals surface area contributed by atoms with Gasteiger partial charge < -0.3 is 10.1 Å². The quantitative estimate of drug-likeness (QED) is 0.807. The second-order valence-corrected chi connectivity index (χ2v) is 4.67. The predicted octanol–water partition coefficient (Wildman–Crippen LogP) is 3.33. The van der Waals surface area contributed by atoms with Gasteiger partial charge in [0.15, 0.2) is 0 Å². The van der Waals surface area contributed by atoms with E-state index in [9.17, 15) is 13.2 Å². The summed E-state index contributed by atoms with van der Waals surface area (Å²) in [6.45, 7) is 0.896. The largest absolute Gasteiger partial charge is 0.488 e. The average molecular weight is 279 g/mol. The van der Waals surface area contributed by atoms with Crippen molar-refractivity contribution in [3.8, 4) is 5.75 Å². The Balaban J connectivity index is 2.42. The number of hydrogen-bond acceptors (Lipinski definition) is 3. The average Bonchev–Trinajstić information content (AvgIpc) is 2.28. The molecule has 0 bridgehead atoms. The van der Waals surface area contributed by atoms with Gasteiger partial charge in [0.2, 0.25) is 0 Å². The van der Waals surface area contributed by atoms with E-state index in [0.29, 0.717) is 5.75 Å². The van der Waals surface area contributed by atoms with Crippen molar-refractivity contribution < 1.29 is 17.9 Å². The summed E-state index contributed by atoms with van der Waals surface area (Å²) in [4.78, 5) is 0.972. The zero-order valence-corrected chi connectivity index (χ0v) is 11.1. The molecule has 0 aliphatic carbocycles. The number of para-hydroxylation sites is 1. The van der Waals surface area contributed by atoms with Crippen molar-refractivity contribution in [1.82, 2.24) is 5.32 Å². The number of thioether (sulfide) groups is 1. The third-order valence-electron chi connectivity index (χ3n) is 2.15. The van der Waals surface area contributed by atoms with Gasteiger partial charge in [-0.1, -0.05) is 12.1 Å². The fourth-order valence-electron chi connectivity index (χ4n) is 1.39. The molecule has 6 heteroatoms. The van der Waals surface area contributed by atoms with Gasteiger partial charge in [-0.15, -0.1) is 11.8 Å². The number of rotatable bonds is 6. The van der Waals surface area contributed by atoms with Crippen molar-refractivity contribution >= 4 is 11.8 Å². The summed E-state index contributed by atoms with van der Waals surface area (Å²) in [5.41, 5.74) is 0. The van der Waals surface area contributed by atoms with Crippen LogP contribution in [0.4, 0.5) is 13.2 Å². The van der Waals surface area contributed by atoms with Gasteiger partial charge in [-0.2, -0.15) is 13.2 Å². The zero-order valence-electron chi connectivity index (χ0n) is 10.3. The van der Waals surface area contributed by atoms with Gasteiger partial charge in [0.1, 0.15) is 11.9 Å². The number of alkyl halides is 3. The molecule has 0 aliphatic heterocycles. The Morgan fingerprint density at radius 1 is 1.33 bits per heavy atom. The van der Waals surface area contributed by atoms with Gasteiger partial charge in [0.25, 0.3) is 0 Å². The summed E-state index contributed by atoms with van der Waals surface area (Å²) in [6.07, 6.45) is -2.58. The van der Waals surface area contributed by atoms with Crippen LogP contribution in [0.15, 0.2) is 29.2 Å². The highest BCUT2D eigenvalue weighted by Crippen LogP contribution is 2.27. The minimum atomic E-state index is -4.18. The fraction of sp³-hybridized carbons (Fsp3) is 0.500. The molecule has 0 heterocycles. The van der Waals surface area contributed by atoms with Crippen LogP contribution in [0.1, 0.15) is 6.92 Å². The molecule has 1 aromatic rings. The topological polar surface area (TPSA) is 21.3 Å². The second-order valence-electron chi connectivity index (χ2n) is 3.83. The second kappa shape index (κ2) is 6.89. The van der Waals surface area contributed by atoms with Crippen LogP contribution < -0.4 is 10.1 Å². The smallest absolute Gasteiger partial charge is 0.401 e. The van der Waals surface area contributed by atoms with E-state index in [1.165, 1.54) is 0 Å². The third kappa shape index (κ3) is 5.64. The molecule has 1 aromatic carbocycles. The van der Waals surface area contributed by atoms with Gasteiger partial charge in [-0.3, -0.25) is 0 Å². The molecule has 0 radical (unpaired) electrons. The van der Waals surface area contributed by atoms with Gasteiger partial charge in [0.05, 0.1) is 6.54 Å². The molecule has 1 atom stereocenters. The maximum atomic E-state index is 11.9. The zero-order chi connectivity index (χ0) is 13.6. The van der Waals surface area contributed by atoms with Crippen LogP contribution in [0.5, 0.6) is 5.75 Å². The summed E-state index contributed by atoms with van der Waals surface area (Å²) < 4.78 is 41.4. The first kappa shape index (κ1) is 15.2. The molecule has 2 nitrogen and oxygen atoms in total. The first-order valence-corrected chi connectivity index (χ1v) is 6.72. The molecule has 1 N–H and O–H groups in total. The van der Waals surface area contributed by atoms with Crippen LogP contribution in [0.25, 0.3) is 0 Å². The number of benzene rings is 1. The molecule has 18 heavy (non-hydrogen) atoms. The Bertz CT molecular complexity index is 371. The van der Waals surface area contributed by atoms with Crippen LogP contribution in [0, 0.1) is 0 Å². The Labute approximate surface area is 109 Å². The van der Waals surface area contributed by atoms with Crippen molar-refractivity contribution in [2.75, 3.05) is 19.3 Å². The summed E-state index contributed by atoms with van der Waals surface area (Å²) in [6, 6.07) is 7.46. The van der Waals surface area contributed by atoms with Crippen LogP contribution >= 0.6 is 11.8 Å². The predicted molar refractivity (Wildman–Crippen MR) is 67.2 cm³/mol. The number of hydrogen-bond donors (Lipinski definition) is 1. The van der Waals surface area contributed by atoms with Crippen molar-refractivity contribution in [2.24, 2.45) is 0 Å². The van der Waals surface area contributed by atoms with Gasteiger partial charge in [-0.25, -0.2) is 0 Å². The van der Waals surface area contributed by atoms with Crippen molar-refractivity contribution in [3.05, 3.63) is 24.3 Å². The lowest BCUT2D eigenvalue weighted by Gasteiger charge is -2.17. The van der Waals surface area contributed by atoms with Crippen molar-refractivity contribution in [1.29, 1.82) is 0 Å². The van der Waals surface area contributed by atoms with Crippen molar-refractivity contribution in [2.45, 2.75) is 24.1 Å². The number of halogens is 3. The highest BCUT2D eigenvalue weighted by Gasteiger charge is 2.26. The normalized spacial score (nSPS) is 13.4. The maximum Gasteiger partial charge on any atom is 0.401 e. The summed E-state index contributed by atoms with van der Waals surface area (Å²) >= 11 is 1.54. The number of nitrogens with one attached hydrogen (secondary N) is 1. The Kier molecular flexibility index (Phi) is 5.81. The molecule has 102 valence electrons. The van der Waals surface area contributed by atoms with Crippen LogP contribution in [0.3, 0.4) is 0 Å². The molecule has 0 aliphatic rings. The van der Waals surface area contributed by atoms with E-state index in [1.54, 1.807) is 18.7 Å². The molecule has 0 fully saturated rings. The minimum Gasteiger partial charge on any atom is -0.488 e. The molecule has 1 rings (SSSR count). The van der Waals surface area contributed by atoms with E-state index in [-0.39, 0.29) is 12.6 Å². The standard InChI is InChI=1S/C12H16F3NOS/c1-9(7-16-8-12(13,14)15)17-10-5-3-4-6-11(10)18-2/h3-6,9,16H,7-8H2,1-2H3. The molecule has 0 saturated heterocycles. The highest BCUT2D eigenvalue weighted by molar-refractivity contribution is 7.98. The van der Waals surface area contributed by atoms with Crippen LogP contribution in [-0.2, 0) is 0 Å². The first-order valence-electron chi connectivity index (χ1n) is 5.49. The molecular weight excluding hydrogens is 263 g/mol. The monoisotopic (exact) mass is 279 g/mol. The highest BCUT2D eigenvalue weighted by atomic mass is 32.2. The Hall–Kier alpha value is -0.880. The molecule has 0 saturated carbocycles. The number of ether oxygens (including phenoxy) is 1. The van der Waals surface area contributed by atoms with Crippen LogP contribution in [0.2, 0.25) is 0 Å². The SMILES string of the molecule is CSc1ccccc1OC(C)CNCC(F)(F)F. The van der Waals surface area contributed by atoms with Crippen molar-refractivity contribution in [3.63, 3.8) is 0 Å². The molecule has 0 amide bonds. The maximum absolute atomic E-state index is 11.9. The summed E-state index contributed by atoms with van der Waals surface area (Å²) in [5.74, 6) is 0.700. The lowest BCUT2D eigenvalue weighted by Crippen LogP contribution is -2.35. The summed E-state index contributed by atoms with van der Waals surface area (Å²) in [5, 5.41) is 2.33. The van der Waals surface area contributed by atoms with E-state index in [0.717, 1.165) is 4.90 Å². The lowest BCUT2D eigenvalue weighted by atomic mass is 10.3. The van der Waals surface area contributed by atoms with Gasteiger partial charge in [-0.05, 0) is 25.3 Å². The summed E-state index contributed by atoms with van der Waals surface area (Å²) in [7, 11) is 0. The van der Waals surface area contributed by atoms with E-state index >= 15 is 0 Å². The van der Waals surface area contributed by atoms with E-state index < -0.39 is 12.7 Å². The Morgan fingerprint density at radius 3 is 2.61 bits per heavy atom. The van der Waals surface area contributed by atoms with E-state index in [4.69, 9.17) is 4.74 Å².